The van der Waals surface area contributed by atoms with Crippen molar-refractivity contribution in [1.82, 2.24) is 0 Å². The monoisotopic (exact) mass is 216 g/mol. The fourth-order valence-corrected chi connectivity index (χ4v) is 2.91. The van der Waals surface area contributed by atoms with Gasteiger partial charge in [0.25, 0.3) is 0 Å². The lowest BCUT2D eigenvalue weighted by Gasteiger charge is -2.53. The van der Waals surface area contributed by atoms with Crippen molar-refractivity contribution in [3.05, 3.63) is 0 Å². The lowest BCUT2D eigenvalue weighted by atomic mass is 9.56. The van der Waals surface area contributed by atoms with E-state index >= 15 is 0 Å². The first-order valence-electron chi connectivity index (χ1n) is 5.85. The molecule has 0 bridgehead atoms. The minimum absolute atomic E-state index is 0.0432. The molecule has 0 aromatic rings. The maximum absolute atomic E-state index is 11.0. The average Bonchev–Trinajstić information content (AvgIpc) is 2.02. The molecule has 2 N–H and O–H groups in total. The van der Waals surface area contributed by atoms with Crippen LogP contribution >= 0.6 is 0 Å². The normalized spacial score (nSPS) is 16.6. The van der Waals surface area contributed by atoms with Crippen LogP contribution in [0.3, 0.4) is 0 Å². The highest BCUT2D eigenvalue weighted by Crippen LogP contribution is 2.49. The first kappa shape index (κ1) is 14.9. The van der Waals surface area contributed by atoms with Crippen LogP contribution in [0.1, 0.15) is 54.9 Å². The second-order valence-corrected chi connectivity index (χ2v) is 6.55. The Balaban J connectivity index is 5.40. The van der Waals surface area contributed by atoms with Gasteiger partial charge < -0.3 is 10.2 Å². The quantitative estimate of drug-likeness (QED) is 0.761. The van der Waals surface area contributed by atoms with E-state index in [-0.39, 0.29) is 23.4 Å². The Hall–Kier alpha value is -0.0800. The van der Waals surface area contributed by atoms with Crippen LogP contribution in [0.5, 0.6) is 0 Å². The minimum atomic E-state index is -0.858. The van der Waals surface area contributed by atoms with Crippen molar-refractivity contribution in [1.29, 1.82) is 0 Å². The summed E-state index contributed by atoms with van der Waals surface area (Å²) in [7, 11) is 0. The third-order valence-electron chi connectivity index (χ3n) is 3.59. The molecular weight excluding hydrogens is 188 g/mol. The third-order valence-corrected chi connectivity index (χ3v) is 3.59. The minimum Gasteiger partial charge on any atom is -0.396 e. The molecule has 15 heavy (non-hydrogen) atoms. The van der Waals surface area contributed by atoms with Gasteiger partial charge in [-0.3, -0.25) is 0 Å². The van der Waals surface area contributed by atoms with Gasteiger partial charge in [-0.05, 0) is 17.3 Å². The van der Waals surface area contributed by atoms with Crippen molar-refractivity contribution in [2.75, 3.05) is 6.61 Å². The van der Waals surface area contributed by atoms with Gasteiger partial charge in [0, 0.05) is 12.5 Å². The molecular formula is C13H28O2. The standard InChI is InChI=1S/C13H28O2/c1-8-10(9-14)13(15,11(2,3)4)12(5,6)7/h10,14-15H,8-9H2,1-7H3. The van der Waals surface area contributed by atoms with Crippen molar-refractivity contribution in [2.24, 2.45) is 16.7 Å². The molecule has 1 atom stereocenters. The van der Waals surface area contributed by atoms with Gasteiger partial charge in [-0.15, -0.1) is 0 Å². The van der Waals surface area contributed by atoms with Gasteiger partial charge in [-0.25, -0.2) is 0 Å². The SMILES string of the molecule is CCC(CO)C(O)(C(C)(C)C)C(C)(C)C. The predicted molar refractivity (Wildman–Crippen MR) is 64.7 cm³/mol. The summed E-state index contributed by atoms with van der Waals surface area (Å²) in [6.07, 6.45) is 0.793. The third kappa shape index (κ3) is 2.54. The number of rotatable bonds is 3. The van der Waals surface area contributed by atoms with Crippen LogP contribution in [0.15, 0.2) is 0 Å². The summed E-state index contributed by atoms with van der Waals surface area (Å²) in [4.78, 5) is 0. The largest absolute Gasteiger partial charge is 0.396 e. The van der Waals surface area contributed by atoms with Gasteiger partial charge in [0.2, 0.25) is 0 Å². The molecule has 0 fully saturated rings. The van der Waals surface area contributed by atoms with Gasteiger partial charge in [0.05, 0.1) is 5.60 Å². The van der Waals surface area contributed by atoms with Crippen LogP contribution < -0.4 is 0 Å². The van der Waals surface area contributed by atoms with E-state index < -0.39 is 5.60 Å². The second-order valence-electron chi connectivity index (χ2n) is 6.55. The lowest BCUT2D eigenvalue weighted by Crippen LogP contribution is -2.59. The number of hydrogen-bond donors (Lipinski definition) is 2. The van der Waals surface area contributed by atoms with E-state index in [1.54, 1.807) is 0 Å². The van der Waals surface area contributed by atoms with Gasteiger partial charge in [-0.2, -0.15) is 0 Å². The smallest absolute Gasteiger partial charge is 0.0793 e. The van der Waals surface area contributed by atoms with E-state index in [1.165, 1.54) is 0 Å². The van der Waals surface area contributed by atoms with Gasteiger partial charge in [0.15, 0.2) is 0 Å². The Morgan fingerprint density at radius 2 is 1.27 bits per heavy atom. The van der Waals surface area contributed by atoms with E-state index in [0.717, 1.165) is 6.42 Å². The summed E-state index contributed by atoms with van der Waals surface area (Å²) in [5.74, 6) is -0.0718. The first-order chi connectivity index (χ1) is 6.52. The van der Waals surface area contributed by atoms with Crippen molar-refractivity contribution >= 4 is 0 Å². The van der Waals surface area contributed by atoms with Crippen LogP contribution in [0.25, 0.3) is 0 Å². The van der Waals surface area contributed by atoms with E-state index in [9.17, 15) is 10.2 Å². The summed E-state index contributed by atoms with van der Waals surface area (Å²) < 4.78 is 0. The summed E-state index contributed by atoms with van der Waals surface area (Å²) in [6, 6.07) is 0. The van der Waals surface area contributed by atoms with Crippen LogP contribution in [-0.2, 0) is 0 Å². The Kier molecular flexibility index (Phi) is 4.40. The van der Waals surface area contributed by atoms with E-state index in [4.69, 9.17) is 0 Å². The number of hydrogen-bond acceptors (Lipinski definition) is 2. The predicted octanol–water partition coefficient (Wildman–Crippen LogP) is 2.83. The highest BCUT2D eigenvalue weighted by molar-refractivity contribution is 5.03. The maximum atomic E-state index is 11.0. The molecule has 1 unspecified atom stereocenters. The van der Waals surface area contributed by atoms with Crippen LogP contribution in [0.2, 0.25) is 0 Å². The highest BCUT2D eigenvalue weighted by Gasteiger charge is 2.53. The molecule has 0 aliphatic rings. The molecule has 0 heterocycles. The lowest BCUT2D eigenvalue weighted by molar-refractivity contribution is -0.185. The molecule has 0 spiro atoms. The summed E-state index contributed by atoms with van der Waals surface area (Å²) in [6.45, 7) is 14.3. The molecule has 0 aromatic carbocycles. The van der Waals surface area contributed by atoms with Crippen molar-refractivity contribution < 1.29 is 10.2 Å². The highest BCUT2D eigenvalue weighted by atomic mass is 16.3. The van der Waals surface area contributed by atoms with Gasteiger partial charge in [0.1, 0.15) is 0 Å². The summed E-state index contributed by atoms with van der Waals surface area (Å²) in [5, 5.41) is 20.4. The zero-order chi connectivity index (χ0) is 12.5. The zero-order valence-electron chi connectivity index (χ0n) is 11.4. The number of aliphatic hydroxyl groups is 2. The van der Waals surface area contributed by atoms with Crippen molar-refractivity contribution in [2.45, 2.75) is 60.5 Å². The molecule has 0 aliphatic carbocycles. The van der Waals surface area contributed by atoms with Crippen molar-refractivity contribution in [3.8, 4) is 0 Å². The fourth-order valence-electron chi connectivity index (χ4n) is 2.91. The Bertz CT molecular complexity index is 178. The summed E-state index contributed by atoms with van der Waals surface area (Å²) in [5.41, 5.74) is -1.34. The van der Waals surface area contributed by atoms with Crippen molar-refractivity contribution in [3.63, 3.8) is 0 Å². The first-order valence-corrected chi connectivity index (χ1v) is 5.85. The van der Waals surface area contributed by atoms with Crippen LogP contribution in [0, 0.1) is 16.7 Å². The molecule has 92 valence electrons. The van der Waals surface area contributed by atoms with Crippen LogP contribution in [-0.4, -0.2) is 22.4 Å². The molecule has 0 amide bonds. The Morgan fingerprint density at radius 3 is 1.33 bits per heavy atom. The fraction of sp³-hybridized carbons (Fsp3) is 1.00. The van der Waals surface area contributed by atoms with E-state index in [2.05, 4.69) is 0 Å². The summed E-state index contributed by atoms with van der Waals surface area (Å²) >= 11 is 0. The Morgan fingerprint density at radius 1 is 0.933 bits per heavy atom. The van der Waals surface area contributed by atoms with Gasteiger partial charge in [-0.1, -0.05) is 48.5 Å². The van der Waals surface area contributed by atoms with Gasteiger partial charge >= 0.3 is 0 Å². The maximum Gasteiger partial charge on any atom is 0.0793 e. The molecule has 0 saturated heterocycles. The topological polar surface area (TPSA) is 40.5 Å². The zero-order valence-corrected chi connectivity index (χ0v) is 11.4. The van der Waals surface area contributed by atoms with Crippen LogP contribution in [0.4, 0.5) is 0 Å². The molecule has 0 radical (unpaired) electrons. The Labute approximate surface area is 94.7 Å². The van der Waals surface area contributed by atoms with E-state index in [1.807, 2.05) is 48.5 Å². The molecule has 0 aliphatic heterocycles. The molecule has 0 aromatic heterocycles. The second kappa shape index (κ2) is 4.42. The molecule has 2 nitrogen and oxygen atoms in total. The average molecular weight is 216 g/mol. The molecule has 0 rings (SSSR count). The van der Waals surface area contributed by atoms with E-state index in [0.29, 0.717) is 0 Å². The molecule has 0 saturated carbocycles. The number of aliphatic hydroxyl groups excluding tert-OH is 1. The molecule has 2 heteroatoms.